The van der Waals surface area contributed by atoms with Crippen LogP contribution in [-0.2, 0) is 0 Å². The average molecular weight is 318 g/mol. The summed E-state index contributed by atoms with van der Waals surface area (Å²) in [6, 6.07) is 0. The first-order valence-electron chi connectivity index (χ1n) is 7.43. The van der Waals surface area contributed by atoms with Crippen LogP contribution in [0.15, 0.2) is 70.0 Å². The first-order chi connectivity index (χ1) is 11.7. The zero-order valence-corrected chi connectivity index (χ0v) is 12.8. The lowest BCUT2D eigenvalue weighted by molar-refractivity contribution is 0.0963. The maximum atomic E-state index is 12.2. The minimum Gasteiger partial charge on any atom is -0.265 e. The SMILES string of the molecule is O=C(/N=C\C1=CC=CC1)c1nccnc1C(=O)/N=C\C1=CC=CC1. The van der Waals surface area contributed by atoms with Gasteiger partial charge in [-0.1, -0.05) is 36.5 Å². The highest BCUT2D eigenvalue weighted by Gasteiger charge is 2.19. The normalized spacial score (nSPS) is 16.2. The zero-order chi connectivity index (χ0) is 16.8. The second-order valence-electron chi connectivity index (χ2n) is 5.13. The topological polar surface area (TPSA) is 84.6 Å². The highest BCUT2D eigenvalue weighted by Crippen LogP contribution is 2.11. The van der Waals surface area contributed by atoms with E-state index in [0.29, 0.717) is 0 Å². The number of rotatable bonds is 4. The molecule has 0 aromatic carbocycles. The standard InChI is InChI=1S/C18H14N4O2/c23-17(21-11-13-5-1-2-6-13)15-16(20-10-9-19-15)18(24)22-12-14-7-3-4-8-14/h1-5,7,9-12H,6,8H2/b21-11-,22-12-. The Labute approximate surface area is 138 Å². The molecule has 1 aromatic rings. The van der Waals surface area contributed by atoms with Gasteiger partial charge in [0.15, 0.2) is 11.4 Å². The second-order valence-corrected chi connectivity index (χ2v) is 5.13. The van der Waals surface area contributed by atoms with Crippen LogP contribution in [0, 0.1) is 0 Å². The zero-order valence-electron chi connectivity index (χ0n) is 12.8. The van der Waals surface area contributed by atoms with Crippen molar-refractivity contribution in [2.75, 3.05) is 0 Å². The summed E-state index contributed by atoms with van der Waals surface area (Å²) in [5, 5.41) is 0. The van der Waals surface area contributed by atoms with Crippen molar-refractivity contribution in [3.63, 3.8) is 0 Å². The molecule has 2 aliphatic carbocycles. The lowest BCUT2D eigenvalue weighted by Crippen LogP contribution is -2.11. The van der Waals surface area contributed by atoms with Crippen LogP contribution < -0.4 is 0 Å². The Morgan fingerprint density at radius 2 is 1.29 bits per heavy atom. The molecule has 0 saturated carbocycles. The number of amides is 2. The van der Waals surface area contributed by atoms with Gasteiger partial charge in [-0.2, -0.15) is 0 Å². The number of aromatic nitrogens is 2. The molecule has 0 spiro atoms. The summed E-state index contributed by atoms with van der Waals surface area (Å²) in [5.74, 6) is -1.23. The van der Waals surface area contributed by atoms with Gasteiger partial charge < -0.3 is 0 Å². The van der Waals surface area contributed by atoms with Gasteiger partial charge in [-0.3, -0.25) is 9.59 Å². The highest BCUT2D eigenvalue weighted by atomic mass is 16.2. The minimum absolute atomic E-state index is 0.0963. The quantitative estimate of drug-likeness (QED) is 0.799. The molecule has 6 nitrogen and oxygen atoms in total. The molecule has 2 amide bonds. The molecule has 1 aromatic heterocycles. The summed E-state index contributed by atoms with van der Waals surface area (Å²) < 4.78 is 0. The Balaban J connectivity index is 1.76. The Hall–Kier alpha value is -3.28. The Kier molecular flexibility index (Phi) is 4.76. The van der Waals surface area contributed by atoms with Crippen molar-refractivity contribution < 1.29 is 9.59 Å². The summed E-state index contributed by atoms with van der Waals surface area (Å²) in [7, 11) is 0. The lowest BCUT2D eigenvalue weighted by Gasteiger charge is -2.00. The molecule has 0 unspecified atom stereocenters. The van der Waals surface area contributed by atoms with E-state index in [0.717, 1.165) is 24.0 Å². The minimum atomic E-state index is -0.615. The smallest absolute Gasteiger partial charge is 0.265 e. The molecule has 0 aliphatic heterocycles. The average Bonchev–Trinajstić information content (AvgIpc) is 3.31. The summed E-state index contributed by atoms with van der Waals surface area (Å²) in [6.07, 6.45) is 18.6. The number of aliphatic imine (C=N–C) groups is 2. The first-order valence-corrected chi connectivity index (χ1v) is 7.43. The maximum absolute atomic E-state index is 12.2. The number of hydrogen-bond donors (Lipinski definition) is 0. The van der Waals surface area contributed by atoms with Gasteiger partial charge in [-0.05, 0) is 24.0 Å². The van der Waals surface area contributed by atoms with Gasteiger partial charge >= 0.3 is 0 Å². The van der Waals surface area contributed by atoms with Crippen molar-refractivity contribution in [1.29, 1.82) is 0 Å². The molecule has 118 valence electrons. The fourth-order valence-electron chi connectivity index (χ4n) is 2.18. The molecule has 3 rings (SSSR count). The first kappa shape index (κ1) is 15.6. The number of allylic oxidation sites excluding steroid dienone is 8. The van der Waals surface area contributed by atoms with Crippen molar-refractivity contribution in [1.82, 2.24) is 9.97 Å². The van der Waals surface area contributed by atoms with Crippen molar-refractivity contribution in [3.05, 3.63) is 71.4 Å². The summed E-state index contributed by atoms with van der Waals surface area (Å²) in [6.45, 7) is 0. The van der Waals surface area contributed by atoms with Crippen LogP contribution in [0.25, 0.3) is 0 Å². The summed E-state index contributed by atoms with van der Waals surface area (Å²) >= 11 is 0. The second kappa shape index (κ2) is 7.32. The van der Waals surface area contributed by atoms with E-state index in [1.165, 1.54) is 24.8 Å². The molecule has 1 heterocycles. The van der Waals surface area contributed by atoms with E-state index < -0.39 is 11.8 Å². The van der Waals surface area contributed by atoms with Crippen LogP contribution in [0.1, 0.15) is 33.8 Å². The van der Waals surface area contributed by atoms with Crippen molar-refractivity contribution in [2.24, 2.45) is 9.98 Å². The predicted octanol–water partition coefficient (Wildman–Crippen LogP) is 2.67. The van der Waals surface area contributed by atoms with Gasteiger partial charge in [0.2, 0.25) is 0 Å². The Bertz CT molecular complexity index is 787. The molecular formula is C18H14N4O2. The van der Waals surface area contributed by atoms with Gasteiger partial charge in [-0.15, -0.1) is 0 Å². The van der Waals surface area contributed by atoms with Crippen molar-refractivity contribution >= 4 is 24.2 Å². The largest absolute Gasteiger partial charge is 0.298 e. The molecule has 0 radical (unpaired) electrons. The molecule has 2 aliphatic rings. The van der Waals surface area contributed by atoms with Crippen molar-refractivity contribution in [2.45, 2.75) is 12.8 Å². The lowest BCUT2D eigenvalue weighted by atomic mass is 10.2. The predicted molar refractivity (Wildman–Crippen MR) is 91.4 cm³/mol. The molecule has 0 fully saturated rings. The highest BCUT2D eigenvalue weighted by molar-refractivity contribution is 6.09. The number of nitrogens with zero attached hydrogens (tertiary/aromatic N) is 4. The Morgan fingerprint density at radius 3 is 1.67 bits per heavy atom. The third kappa shape index (κ3) is 3.73. The third-order valence-corrected chi connectivity index (χ3v) is 3.40. The maximum Gasteiger partial charge on any atom is 0.298 e. The number of hydrogen-bond acceptors (Lipinski definition) is 4. The van der Waals surface area contributed by atoms with Crippen LogP contribution in [0.4, 0.5) is 0 Å². The van der Waals surface area contributed by atoms with Gasteiger partial charge in [0.25, 0.3) is 11.8 Å². The van der Waals surface area contributed by atoms with E-state index in [-0.39, 0.29) is 11.4 Å². The summed E-state index contributed by atoms with van der Waals surface area (Å²) in [4.78, 5) is 40.0. The number of carbonyl (C=O) groups excluding carboxylic acids is 2. The van der Waals surface area contributed by atoms with Gasteiger partial charge in [0.05, 0.1) is 0 Å². The molecule has 0 saturated heterocycles. The fourth-order valence-corrected chi connectivity index (χ4v) is 2.18. The van der Waals surface area contributed by atoms with Crippen molar-refractivity contribution in [3.8, 4) is 0 Å². The van der Waals surface area contributed by atoms with Gasteiger partial charge in [0, 0.05) is 24.8 Å². The van der Waals surface area contributed by atoms with E-state index in [4.69, 9.17) is 0 Å². The monoisotopic (exact) mass is 318 g/mol. The van der Waals surface area contributed by atoms with Gasteiger partial charge in [0.1, 0.15) is 0 Å². The molecule has 24 heavy (non-hydrogen) atoms. The third-order valence-electron chi connectivity index (χ3n) is 3.40. The van der Waals surface area contributed by atoms with Gasteiger partial charge in [-0.25, -0.2) is 20.0 Å². The molecule has 0 N–H and O–H groups in total. The van der Waals surface area contributed by atoms with Crippen LogP contribution >= 0.6 is 0 Å². The van der Waals surface area contributed by atoms with Crippen LogP contribution in [0.3, 0.4) is 0 Å². The molecule has 6 heteroatoms. The van der Waals surface area contributed by atoms with Crippen LogP contribution in [-0.4, -0.2) is 34.2 Å². The Morgan fingerprint density at radius 1 is 0.833 bits per heavy atom. The van der Waals surface area contributed by atoms with Crippen LogP contribution in [0.2, 0.25) is 0 Å². The van der Waals surface area contributed by atoms with E-state index in [1.807, 2.05) is 36.5 Å². The van der Waals surface area contributed by atoms with E-state index in [9.17, 15) is 9.59 Å². The molecule has 0 atom stereocenters. The fraction of sp³-hybridized carbons (Fsp3) is 0.111. The van der Waals surface area contributed by atoms with Crippen LogP contribution in [0.5, 0.6) is 0 Å². The van der Waals surface area contributed by atoms with E-state index in [2.05, 4.69) is 20.0 Å². The number of carbonyl (C=O) groups is 2. The van der Waals surface area contributed by atoms with E-state index in [1.54, 1.807) is 0 Å². The molecular weight excluding hydrogens is 304 g/mol. The van der Waals surface area contributed by atoms with E-state index >= 15 is 0 Å². The molecule has 0 bridgehead atoms. The summed E-state index contributed by atoms with van der Waals surface area (Å²) in [5.41, 5.74) is 1.64.